The SMILES string of the molecule is C/C=C1\N=C(N2CCN(c3nccnc3C#N)CC2)CCC(C)C(=NC2C=C(C(=O)Nc3ccccc3)CC=N2)N1. The Morgan fingerprint density at radius 1 is 1.15 bits per heavy atom. The molecule has 2 unspecified atom stereocenters. The molecule has 0 saturated carbocycles. The Labute approximate surface area is 240 Å². The average Bonchev–Trinajstić information content (AvgIpc) is 3.01. The van der Waals surface area contributed by atoms with Crippen LogP contribution in [0, 0.1) is 17.2 Å². The van der Waals surface area contributed by atoms with Crippen LogP contribution in [0.5, 0.6) is 0 Å². The lowest BCUT2D eigenvalue weighted by Gasteiger charge is -2.38. The van der Waals surface area contributed by atoms with Gasteiger partial charge in [-0.2, -0.15) is 5.26 Å². The highest BCUT2D eigenvalue weighted by Gasteiger charge is 2.26. The number of dihydropyridines is 1. The standard InChI is InChI=1S/C30H34N10O/c1-3-25-36-27(39-15-17-40(18-16-39)29-24(20-31)32-13-14-34-29)10-9-21(2)28(37-25)38-26-19-22(11-12-33-26)30(41)35-23-7-5-4-6-8-23/h3-8,12-14,19,21,26H,9-11,15-18H2,1-2H3,(H,35,41)(H,37,38)/b25-3+,36-27?. The van der Waals surface area contributed by atoms with E-state index in [1.165, 1.54) is 0 Å². The smallest absolute Gasteiger partial charge is 0.251 e. The number of aromatic nitrogens is 2. The van der Waals surface area contributed by atoms with Gasteiger partial charge < -0.3 is 20.4 Å². The second kappa shape index (κ2) is 13.0. The first kappa shape index (κ1) is 27.7. The number of allylic oxidation sites excluding steroid dienone is 1. The number of para-hydroxylation sites is 1. The molecule has 0 bridgehead atoms. The van der Waals surface area contributed by atoms with Crippen LogP contribution in [-0.4, -0.2) is 71.0 Å². The molecule has 1 aromatic carbocycles. The zero-order chi connectivity index (χ0) is 28.6. The molecule has 11 nitrogen and oxygen atoms in total. The second-order valence-electron chi connectivity index (χ2n) is 10.1. The van der Waals surface area contributed by atoms with E-state index in [0.717, 1.165) is 62.2 Å². The van der Waals surface area contributed by atoms with Gasteiger partial charge in [0.15, 0.2) is 17.7 Å². The van der Waals surface area contributed by atoms with Gasteiger partial charge in [-0.15, -0.1) is 0 Å². The van der Waals surface area contributed by atoms with E-state index in [0.29, 0.717) is 23.5 Å². The number of rotatable bonds is 4. The minimum absolute atomic E-state index is 0.140. The number of carbonyl (C=O) groups is 1. The van der Waals surface area contributed by atoms with Crippen molar-refractivity contribution in [3.63, 3.8) is 0 Å². The van der Waals surface area contributed by atoms with E-state index in [2.05, 4.69) is 48.4 Å². The summed E-state index contributed by atoms with van der Waals surface area (Å²) in [5.41, 5.74) is 1.75. The molecule has 4 heterocycles. The van der Waals surface area contributed by atoms with Crippen LogP contribution in [0.3, 0.4) is 0 Å². The lowest BCUT2D eigenvalue weighted by Crippen LogP contribution is -2.50. The maximum absolute atomic E-state index is 12.8. The average molecular weight is 551 g/mol. The molecule has 11 heteroatoms. The number of benzene rings is 1. The normalized spacial score (nSPS) is 23.1. The van der Waals surface area contributed by atoms with Gasteiger partial charge in [0.05, 0.1) is 0 Å². The lowest BCUT2D eigenvalue weighted by atomic mass is 10.0. The summed E-state index contributed by atoms with van der Waals surface area (Å²) in [4.78, 5) is 40.2. The second-order valence-corrected chi connectivity index (χ2v) is 10.1. The number of nitrogens with zero attached hydrogens (tertiary/aromatic N) is 8. The summed E-state index contributed by atoms with van der Waals surface area (Å²) in [6.07, 6.45) is 10.4. The van der Waals surface area contributed by atoms with Crippen molar-refractivity contribution in [3.8, 4) is 6.07 Å². The van der Waals surface area contributed by atoms with Gasteiger partial charge in [-0.25, -0.2) is 20.0 Å². The van der Waals surface area contributed by atoms with Crippen LogP contribution < -0.4 is 15.5 Å². The molecule has 0 radical (unpaired) electrons. The Hall–Kier alpha value is -4.85. The van der Waals surface area contributed by atoms with Crippen molar-refractivity contribution in [1.29, 1.82) is 5.26 Å². The molecule has 2 N–H and O–H groups in total. The number of carbonyl (C=O) groups excluding carboxylic acids is 1. The predicted octanol–water partition coefficient (Wildman–Crippen LogP) is 3.51. The maximum atomic E-state index is 12.8. The van der Waals surface area contributed by atoms with Gasteiger partial charge in [-0.05, 0) is 37.6 Å². The van der Waals surface area contributed by atoms with Crippen molar-refractivity contribution in [1.82, 2.24) is 20.2 Å². The Kier molecular flexibility index (Phi) is 8.79. The van der Waals surface area contributed by atoms with Gasteiger partial charge >= 0.3 is 0 Å². The van der Waals surface area contributed by atoms with Gasteiger partial charge in [0, 0.05) is 74.8 Å². The van der Waals surface area contributed by atoms with Crippen molar-refractivity contribution in [2.75, 3.05) is 36.4 Å². The van der Waals surface area contributed by atoms with E-state index in [-0.39, 0.29) is 11.8 Å². The molecule has 3 aliphatic heterocycles. The van der Waals surface area contributed by atoms with Crippen molar-refractivity contribution < 1.29 is 4.79 Å². The van der Waals surface area contributed by atoms with Crippen LogP contribution in [0.25, 0.3) is 0 Å². The molecule has 1 saturated heterocycles. The fourth-order valence-corrected chi connectivity index (χ4v) is 4.97. The van der Waals surface area contributed by atoms with E-state index >= 15 is 0 Å². The summed E-state index contributed by atoms with van der Waals surface area (Å²) in [7, 11) is 0. The molecule has 41 heavy (non-hydrogen) atoms. The molecule has 1 amide bonds. The zero-order valence-electron chi connectivity index (χ0n) is 23.4. The number of hydrogen-bond donors (Lipinski definition) is 2. The molecule has 2 atom stereocenters. The van der Waals surface area contributed by atoms with Gasteiger partial charge in [0.25, 0.3) is 5.91 Å². The number of nitrogens with one attached hydrogen (secondary N) is 2. The Morgan fingerprint density at radius 2 is 1.90 bits per heavy atom. The quantitative estimate of drug-likeness (QED) is 0.595. The van der Waals surface area contributed by atoms with E-state index in [1.54, 1.807) is 18.6 Å². The Bertz CT molecular complexity index is 1450. The molecule has 1 aromatic heterocycles. The lowest BCUT2D eigenvalue weighted by molar-refractivity contribution is -0.112. The van der Waals surface area contributed by atoms with Crippen molar-refractivity contribution in [2.24, 2.45) is 20.9 Å². The highest BCUT2D eigenvalue weighted by Crippen LogP contribution is 2.21. The van der Waals surface area contributed by atoms with Crippen LogP contribution in [0.4, 0.5) is 11.5 Å². The summed E-state index contributed by atoms with van der Waals surface area (Å²) in [6, 6.07) is 11.6. The molecule has 210 valence electrons. The Balaban J connectivity index is 1.26. The summed E-state index contributed by atoms with van der Waals surface area (Å²) in [6.45, 7) is 7.13. The number of hydrogen-bond acceptors (Lipinski definition) is 9. The van der Waals surface area contributed by atoms with Crippen molar-refractivity contribution in [3.05, 3.63) is 72.0 Å². The molecule has 5 rings (SSSR count). The number of amidine groups is 2. The van der Waals surface area contributed by atoms with Gasteiger partial charge in [-0.1, -0.05) is 25.1 Å². The minimum atomic E-state index is -0.473. The summed E-state index contributed by atoms with van der Waals surface area (Å²) in [5.74, 6) is 3.21. The van der Waals surface area contributed by atoms with Crippen LogP contribution >= 0.6 is 0 Å². The first-order valence-corrected chi connectivity index (χ1v) is 13.9. The third-order valence-electron chi connectivity index (χ3n) is 7.29. The summed E-state index contributed by atoms with van der Waals surface area (Å²) >= 11 is 0. The van der Waals surface area contributed by atoms with E-state index in [9.17, 15) is 10.1 Å². The molecule has 2 aromatic rings. The maximum Gasteiger partial charge on any atom is 0.251 e. The van der Waals surface area contributed by atoms with Crippen LogP contribution in [0.1, 0.15) is 38.8 Å². The summed E-state index contributed by atoms with van der Waals surface area (Å²) in [5, 5.41) is 15.8. The van der Waals surface area contributed by atoms with Crippen LogP contribution in [0.2, 0.25) is 0 Å². The zero-order valence-corrected chi connectivity index (χ0v) is 23.4. The van der Waals surface area contributed by atoms with Crippen molar-refractivity contribution >= 4 is 35.3 Å². The largest absolute Gasteiger partial charge is 0.356 e. The molecule has 1 fully saturated rings. The van der Waals surface area contributed by atoms with Crippen molar-refractivity contribution in [2.45, 2.75) is 39.3 Å². The number of nitriles is 1. The topological polar surface area (TPSA) is 134 Å². The van der Waals surface area contributed by atoms with Gasteiger partial charge in [0.2, 0.25) is 0 Å². The fourth-order valence-electron chi connectivity index (χ4n) is 4.97. The van der Waals surface area contributed by atoms with Gasteiger partial charge in [-0.3, -0.25) is 9.79 Å². The third kappa shape index (κ3) is 6.84. The van der Waals surface area contributed by atoms with E-state index < -0.39 is 6.17 Å². The molecule has 0 spiro atoms. The highest BCUT2D eigenvalue weighted by atomic mass is 16.1. The number of aliphatic imine (C=N–C) groups is 3. The monoisotopic (exact) mass is 550 g/mol. The predicted molar refractivity (Wildman–Crippen MR) is 161 cm³/mol. The molecule has 0 aliphatic carbocycles. The first-order chi connectivity index (χ1) is 20.0. The first-order valence-electron chi connectivity index (χ1n) is 13.9. The number of anilines is 2. The third-order valence-corrected chi connectivity index (χ3v) is 7.29. The number of piperazine rings is 1. The minimum Gasteiger partial charge on any atom is -0.356 e. The molecule has 3 aliphatic rings. The molecular formula is C30H34N10O. The fraction of sp³-hybridized carbons (Fsp3) is 0.367. The van der Waals surface area contributed by atoms with E-state index in [4.69, 9.17) is 9.98 Å². The van der Waals surface area contributed by atoms with Crippen LogP contribution in [-0.2, 0) is 4.79 Å². The highest BCUT2D eigenvalue weighted by molar-refractivity contribution is 6.06. The van der Waals surface area contributed by atoms with Crippen LogP contribution in [0.15, 0.2) is 81.2 Å². The molecular weight excluding hydrogens is 516 g/mol. The Morgan fingerprint density at radius 3 is 2.66 bits per heavy atom. The summed E-state index contributed by atoms with van der Waals surface area (Å²) < 4.78 is 0. The number of amides is 1. The van der Waals surface area contributed by atoms with Gasteiger partial charge in [0.1, 0.15) is 23.6 Å². The van der Waals surface area contributed by atoms with E-state index in [1.807, 2.05) is 49.4 Å².